The lowest BCUT2D eigenvalue weighted by atomic mass is 10.0. The van der Waals surface area contributed by atoms with Crippen LogP contribution in [-0.4, -0.2) is 31.1 Å². The summed E-state index contributed by atoms with van der Waals surface area (Å²) in [6.45, 7) is 0.137. The first-order valence-electron chi connectivity index (χ1n) is 4.64. The van der Waals surface area contributed by atoms with Crippen LogP contribution in [0.5, 0.6) is 5.75 Å². The number of methoxy groups -OCH3 is 2. The van der Waals surface area contributed by atoms with Crippen molar-refractivity contribution in [3.63, 3.8) is 0 Å². The third-order valence-electron chi connectivity index (χ3n) is 2.12. The van der Waals surface area contributed by atoms with E-state index < -0.39 is 11.8 Å². The van der Waals surface area contributed by atoms with E-state index in [2.05, 4.69) is 15.9 Å². The zero-order valence-corrected chi connectivity index (χ0v) is 10.9. The predicted molar refractivity (Wildman–Crippen MR) is 63.4 cm³/mol. The summed E-state index contributed by atoms with van der Waals surface area (Å²) in [7, 11) is 2.94. The number of ketones is 1. The Hall–Kier alpha value is -1.40. The highest BCUT2D eigenvalue weighted by Gasteiger charge is 2.20. The van der Waals surface area contributed by atoms with Gasteiger partial charge in [0.15, 0.2) is 0 Å². The molecule has 1 rings (SSSR count). The third kappa shape index (κ3) is 3.04. The number of hydrogen-bond acceptors (Lipinski definition) is 4. The highest BCUT2D eigenvalue weighted by molar-refractivity contribution is 9.10. The minimum Gasteiger partial charge on any atom is -0.496 e. The van der Waals surface area contributed by atoms with Gasteiger partial charge in [-0.15, -0.1) is 0 Å². The highest BCUT2D eigenvalue weighted by Crippen LogP contribution is 2.29. The van der Waals surface area contributed by atoms with Crippen LogP contribution in [0.25, 0.3) is 0 Å². The minimum atomic E-state index is -1.50. The molecule has 0 amide bonds. The lowest BCUT2D eigenvalue weighted by molar-refractivity contribution is -0.131. The summed E-state index contributed by atoms with van der Waals surface area (Å²) in [5.74, 6) is -1.96. The lowest BCUT2D eigenvalue weighted by Gasteiger charge is -2.10. The number of carboxylic acid groups (broad SMARTS) is 1. The number of aliphatic carboxylic acids is 1. The molecule has 0 bridgehead atoms. The number of hydrogen-bond donors (Lipinski definition) is 1. The van der Waals surface area contributed by atoms with E-state index in [1.165, 1.54) is 20.3 Å². The Kier molecular flexibility index (Phi) is 4.65. The Morgan fingerprint density at radius 2 is 2.00 bits per heavy atom. The molecule has 0 aliphatic heterocycles. The van der Waals surface area contributed by atoms with Crippen LogP contribution in [0.1, 0.15) is 15.9 Å². The zero-order valence-electron chi connectivity index (χ0n) is 9.32. The summed E-state index contributed by atoms with van der Waals surface area (Å²) in [4.78, 5) is 22.2. The SMILES string of the molecule is COCc1cc(OC)c(Br)cc1C(=O)C(=O)O. The van der Waals surface area contributed by atoms with E-state index >= 15 is 0 Å². The molecule has 0 atom stereocenters. The Balaban J connectivity index is 3.32. The van der Waals surface area contributed by atoms with Crippen molar-refractivity contribution in [3.05, 3.63) is 27.7 Å². The first-order valence-corrected chi connectivity index (χ1v) is 5.43. The number of carboxylic acids is 1. The second-order valence-electron chi connectivity index (χ2n) is 3.21. The van der Waals surface area contributed by atoms with Crippen LogP contribution in [-0.2, 0) is 16.1 Å². The molecule has 0 aliphatic rings. The number of Topliss-reactive ketones (excluding diaryl/α,β-unsaturated/α-hetero) is 1. The van der Waals surface area contributed by atoms with Crippen molar-refractivity contribution in [1.29, 1.82) is 0 Å². The maximum absolute atomic E-state index is 11.5. The molecule has 5 nitrogen and oxygen atoms in total. The molecular formula is C11H11BrO5. The fourth-order valence-corrected chi connectivity index (χ4v) is 1.86. The fraction of sp³-hybridized carbons (Fsp3) is 0.273. The first kappa shape index (κ1) is 13.7. The van der Waals surface area contributed by atoms with Gasteiger partial charge in [0.1, 0.15) is 5.75 Å². The molecule has 0 radical (unpaired) electrons. The molecular weight excluding hydrogens is 292 g/mol. The summed E-state index contributed by atoms with van der Waals surface area (Å²) in [5.41, 5.74) is 0.562. The van der Waals surface area contributed by atoms with Crippen molar-refractivity contribution in [2.24, 2.45) is 0 Å². The highest BCUT2D eigenvalue weighted by atomic mass is 79.9. The summed E-state index contributed by atoms with van der Waals surface area (Å²) < 4.78 is 10.5. The molecule has 0 saturated carbocycles. The maximum atomic E-state index is 11.5. The molecule has 0 unspecified atom stereocenters. The van der Waals surface area contributed by atoms with Crippen LogP contribution in [0, 0.1) is 0 Å². The van der Waals surface area contributed by atoms with Crippen molar-refractivity contribution in [2.75, 3.05) is 14.2 Å². The van der Waals surface area contributed by atoms with Gasteiger partial charge in [0.05, 0.1) is 18.2 Å². The Labute approximate surface area is 106 Å². The summed E-state index contributed by atoms with van der Waals surface area (Å²) in [5, 5.41) is 8.71. The predicted octanol–water partition coefficient (Wildman–Crippen LogP) is 1.87. The Morgan fingerprint density at radius 1 is 1.35 bits per heavy atom. The molecule has 92 valence electrons. The van der Waals surface area contributed by atoms with Crippen LogP contribution in [0.2, 0.25) is 0 Å². The van der Waals surface area contributed by atoms with Gasteiger partial charge in [-0.05, 0) is 33.6 Å². The van der Waals surface area contributed by atoms with E-state index in [4.69, 9.17) is 14.6 Å². The molecule has 0 aliphatic carbocycles. The fourth-order valence-electron chi connectivity index (χ4n) is 1.35. The normalized spacial score (nSPS) is 10.1. The molecule has 0 fully saturated rings. The van der Waals surface area contributed by atoms with Gasteiger partial charge in [0.2, 0.25) is 0 Å². The van der Waals surface area contributed by atoms with Gasteiger partial charge in [-0.25, -0.2) is 4.79 Å². The van der Waals surface area contributed by atoms with Crippen molar-refractivity contribution in [3.8, 4) is 5.75 Å². The molecule has 1 aromatic rings. The van der Waals surface area contributed by atoms with Crippen molar-refractivity contribution in [2.45, 2.75) is 6.61 Å². The molecule has 6 heteroatoms. The van der Waals surface area contributed by atoms with E-state index in [0.717, 1.165) is 0 Å². The molecule has 0 aromatic heterocycles. The minimum absolute atomic E-state index is 0.0898. The maximum Gasteiger partial charge on any atom is 0.377 e. The average Bonchev–Trinajstić information content (AvgIpc) is 2.30. The molecule has 0 heterocycles. The Bertz CT molecular complexity index is 455. The molecule has 1 aromatic carbocycles. The van der Waals surface area contributed by atoms with E-state index in [0.29, 0.717) is 15.8 Å². The van der Waals surface area contributed by atoms with E-state index in [1.807, 2.05) is 0 Å². The van der Waals surface area contributed by atoms with Crippen LogP contribution in [0.3, 0.4) is 0 Å². The van der Waals surface area contributed by atoms with Crippen molar-refractivity contribution >= 4 is 27.7 Å². The second kappa shape index (κ2) is 5.79. The topological polar surface area (TPSA) is 72.8 Å². The van der Waals surface area contributed by atoms with E-state index in [-0.39, 0.29) is 12.2 Å². The quantitative estimate of drug-likeness (QED) is 0.664. The van der Waals surface area contributed by atoms with Gasteiger partial charge in [-0.2, -0.15) is 0 Å². The van der Waals surface area contributed by atoms with Crippen molar-refractivity contribution in [1.82, 2.24) is 0 Å². The van der Waals surface area contributed by atoms with E-state index in [9.17, 15) is 9.59 Å². The molecule has 17 heavy (non-hydrogen) atoms. The van der Waals surface area contributed by atoms with E-state index in [1.54, 1.807) is 6.07 Å². The second-order valence-corrected chi connectivity index (χ2v) is 4.07. The zero-order chi connectivity index (χ0) is 13.0. The van der Waals surface area contributed by atoms with Crippen molar-refractivity contribution < 1.29 is 24.2 Å². The first-order chi connectivity index (χ1) is 8.01. The van der Waals surface area contributed by atoms with Gasteiger partial charge in [0, 0.05) is 12.7 Å². The Morgan fingerprint density at radius 3 is 2.47 bits per heavy atom. The molecule has 1 N–H and O–H groups in total. The van der Waals surface area contributed by atoms with Gasteiger partial charge in [-0.3, -0.25) is 4.79 Å². The monoisotopic (exact) mass is 302 g/mol. The number of ether oxygens (including phenoxy) is 2. The average molecular weight is 303 g/mol. The smallest absolute Gasteiger partial charge is 0.377 e. The van der Waals surface area contributed by atoms with Gasteiger partial charge in [0.25, 0.3) is 5.78 Å². The summed E-state index contributed by atoms with van der Waals surface area (Å²) >= 11 is 3.20. The van der Waals surface area contributed by atoms with Gasteiger partial charge in [-0.1, -0.05) is 0 Å². The molecule has 0 spiro atoms. The van der Waals surface area contributed by atoms with Crippen LogP contribution in [0.4, 0.5) is 0 Å². The van der Waals surface area contributed by atoms with Gasteiger partial charge >= 0.3 is 5.97 Å². The number of rotatable bonds is 5. The largest absolute Gasteiger partial charge is 0.496 e. The number of benzene rings is 1. The lowest BCUT2D eigenvalue weighted by Crippen LogP contribution is -2.15. The number of carbonyl (C=O) groups excluding carboxylic acids is 1. The van der Waals surface area contributed by atoms with Crippen LogP contribution in [0.15, 0.2) is 16.6 Å². The third-order valence-corrected chi connectivity index (χ3v) is 2.74. The molecule has 0 saturated heterocycles. The van der Waals surface area contributed by atoms with Crippen LogP contribution >= 0.6 is 15.9 Å². The van der Waals surface area contributed by atoms with Crippen LogP contribution < -0.4 is 4.74 Å². The number of carbonyl (C=O) groups is 2. The summed E-state index contributed by atoms with van der Waals surface area (Å²) in [6.07, 6.45) is 0. The summed E-state index contributed by atoms with van der Waals surface area (Å²) in [6, 6.07) is 2.99. The standard InChI is InChI=1S/C11H11BrO5/c1-16-5-6-3-9(17-2)8(12)4-7(6)10(13)11(14)15/h3-4H,5H2,1-2H3,(H,14,15). The number of halogens is 1. The van der Waals surface area contributed by atoms with Gasteiger partial charge < -0.3 is 14.6 Å².